The molecule has 112 valence electrons. The molecule has 0 heterocycles. The highest BCUT2D eigenvalue weighted by molar-refractivity contribution is 5.76. The Morgan fingerprint density at radius 2 is 1.80 bits per heavy atom. The molecule has 0 aromatic heterocycles. The van der Waals surface area contributed by atoms with Crippen molar-refractivity contribution in [3.63, 3.8) is 0 Å². The summed E-state index contributed by atoms with van der Waals surface area (Å²) in [6, 6.07) is 7.75. The van der Waals surface area contributed by atoms with Crippen LogP contribution in [0.5, 0.6) is 0 Å². The van der Waals surface area contributed by atoms with Crippen molar-refractivity contribution < 1.29 is 4.79 Å². The number of nitrogens with two attached hydrogens (primary N) is 1. The maximum Gasteiger partial charge on any atom is 0.222 e. The van der Waals surface area contributed by atoms with Crippen LogP contribution < -0.4 is 5.73 Å². The van der Waals surface area contributed by atoms with Crippen LogP contribution in [0.2, 0.25) is 0 Å². The number of rotatable bonds is 8. The molecule has 0 atom stereocenters. The molecule has 1 aromatic carbocycles. The molecule has 1 rings (SSSR count). The van der Waals surface area contributed by atoms with Crippen molar-refractivity contribution in [3.8, 4) is 0 Å². The molecule has 4 heteroatoms. The zero-order chi connectivity index (χ0) is 15.0. The number of anilines is 1. The number of nitrogen functional groups attached to an aromatic ring is 1. The van der Waals surface area contributed by atoms with Crippen molar-refractivity contribution >= 4 is 11.6 Å². The van der Waals surface area contributed by atoms with Crippen molar-refractivity contribution in [1.82, 2.24) is 9.80 Å². The quantitative estimate of drug-likeness (QED) is 0.739. The fourth-order valence-corrected chi connectivity index (χ4v) is 2.13. The molecule has 0 spiro atoms. The average molecular weight is 277 g/mol. The predicted octanol–water partition coefficient (Wildman–Crippen LogP) is 2.00. The van der Waals surface area contributed by atoms with Crippen molar-refractivity contribution in [2.75, 3.05) is 39.5 Å². The molecule has 0 aliphatic heterocycles. The van der Waals surface area contributed by atoms with E-state index in [0.717, 1.165) is 43.7 Å². The van der Waals surface area contributed by atoms with Crippen molar-refractivity contribution in [3.05, 3.63) is 29.8 Å². The average Bonchev–Trinajstić information content (AvgIpc) is 2.42. The second-order valence-corrected chi connectivity index (χ2v) is 5.37. The van der Waals surface area contributed by atoms with Gasteiger partial charge < -0.3 is 15.5 Å². The van der Waals surface area contributed by atoms with Gasteiger partial charge in [0, 0.05) is 25.2 Å². The molecule has 4 nitrogen and oxygen atoms in total. The van der Waals surface area contributed by atoms with E-state index in [1.165, 1.54) is 0 Å². The van der Waals surface area contributed by atoms with Crippen LogP contribution in [-0.2, 0) is 11.2 Å². The molecule has 1 aromatic rings. The largest absolute Gasteiger partial charge is 0.399 e. The van der Waals surface area contributed by atoms with Crippen LogP contribution in [0.3, 0.4) is 0 Å². The molecule has 0 radical (unpaired) electrons. The van der Waals surface area contributed by atoms with Gasteiger partial charge in [-0.15, -0.1) is 0 Å². The minimum absolute atomic E-state index is 0.239. The first-order valence-corrected chi connectivity index (χ1v) is 7.30. The third-order valence-corrected chi connectivity index (χ3v) is 3.38. The van der Waals surface area contributed by atoms with Crippen LogP contribution in [0.15, 0.2) is 24.3 Å². The summed E-state index contributed by atoms with van der Waals surface area (Å²) in [5.74, 6) is 0.239. The Morgan fingerprint density at radius 1 is 1.15 bits per heavy atom. The number of nitrogens with zero attached hydrogens (tertiary/aromatic N) is 2. The number of amides is 1. The molecule has 0 saturated heterocycles. The summed E-state index contributed by atoms with van der Waals surface area (Å²) >= 11 is 0. The van der Waals surface area contributed by atoms with Crippen LogP contribution in [0.4, 0.5) is 5.69 Å². The van der Waals surface area contributed by atoms with Crippen LogP contribution >= 0.6 is 0 Å². The standard InChI is InChI=1S/C16H27N3O/c1-4-19(13-5-12-18(2)3)16(20)11-8-14-6-9-15(17)10-7-14/h6-7,9-10H,4-5,8,11-13,17H2,1-3H3. The Bertz CT molecular complexity index is 401. The zero-order valence-electron chi connectivity index (χ0n) is 12.9. The zero-order valence-corrected chi connectivity index (χ0v) is 12.9. The van der Waals surface area contributed by atoms with E-state index >= 15 is 0 Å². The van der Waals surface area contributed by atoms with Crippen LogP contribution in [0.1, 0.15) is 25.3 Å². The normalized spacial score (nSPS) is 10.8. The Kier molecular flexibility index (Phi) is 7.09. The molecule has 1 amide bonds. The summed E-state index contributed by atoms with van der Waals surface area (Å²) in [5.41, 5.74) is 7.58. The summed E-state index contributed by atoms with van der Waals surface area (Å²) < 4.78 is 0. The molecular weight excluding hydrogens is 250 g/mol. The molecule has 0 fully saturated rings. The van der Waals surface area contributed by atoms with Gasteiger partial charge in [0.05, 0.1) is 0 Å². The van der Waals surface area contributed by atoms with E-state index in [0.29, 0.717) is 6.42 Å². The molecule has 0 aliphatic rings. The van der Waals surface area contributed by atoms with Gasteiger partial charge in [0.15, 0.2) is 0 Å². The van der Waals surface area contributed by atoms with Gasteiger partial charge in [-0.25, -0.2) is 0 Å². The van der Waals surface area contributed by atoms with Gasteiger partial charge in [-0.3, -0.25) is 4.79 Å². The number of hydrogen-bond donors (Lipinski definition) is 1. The number of hydrogen-bond acceptors (Lipinski definition) is 3. The molecule has 0 bridgehead atoms. The summed E-state index contributed by atoms with van der Waals surface area (Å²) in [7, 11) is 4.11. The number of carbonyl (C=O) groups is 1. The number of carbonyl (C=O) groups excluding carboxylic acids is 1. The van der Waals surface area contributed by atoms with E-state index in [-0.39, 0.29) is 5.91 Å². The van der Waals surface area contributed by atoms with Gasteiger partial charge in [0.25, 0.3) is 0 Å². The van der Waals surface area contributed by atoms with E-state index in [2.05, 4.69) is 19.0 Å². The maximum atomic E-state index is 12.2. The summed E-state index contributed by atoms with van der Waals surface area (Å²) in [6.07, 6.45) is 2.37. The lowest BCUT2D eigenvalue weighted by atomic mass is 10.1. The minimum atomic E-state index is 0.239. The van der Waals surface area contributed by atoms with Crippen LogP contribution in [-0.4, -0.2) is 49.4 Å². The topological polar surface area (TPSA) is 49.6 Å². The van der Waals surface area contributed by atoms with Gasteiger partial charge >= 0.3 is 0 Å². The van der Waals surface area contributed by atoms with Gasteiger partial charge in [0.1, 0.15) is 0 Å². The van der Waals surface area contributed by atoms with Gasteiger partial charge in [-0.2, -0.15) is 0 Å². The molecule has 0 aliphatic carbocycles. The monoisotopic (exact) mass is 277 g/mol. The van der Waals surface area contributed by atoms with Crippen molar-refractivity contribution in [1.29, 1.82) is 0 Å². The SMILES string of the molecule is CCN(CCCN(C)C)C(=O)CCc1ccc(N)cc1. The summed E-state index contributed by atoms with van der Waals surface area (Å²) in [6.45, 7) is 4.68. The molecular formula is C16H27N3O. The smallest absolute Gasteiger partial charge is 0.222 e. The van der Waals surface area contributed by atoms with E-state index in [1.807, 2.05) is 36.1 Å². The Balaban J connectivity index is 2.37. The fraction of sp³-hybridized carbons (Fsp3) is 0.562. The van der Waals surface area contributed by atoms with Crippen LogP contribution in [0.25, 0.3) is 0 Å². The van der Waals surface area contributed by atoms with Gasteiger partial charge in [-0.05, 0) is 58.1 Å². The second-order valence-electron chi connectivity index (χ2n) is 5.37. The lowest BCUT2D eigenvalue weighted by molar-refractivity contribution is -0.131. The Hall–Kier alpha value is -1.55. The summed E-state index contributed by atoms with van der Waals surface area (Å²) in [5, 5.41) is 0. The first kappa shape index (κ1) is 16.5. The number of aryl methyl sites for hydroxylation is 1. The van der Waals surface area contributed by atoms with Gasteiger partial charge in [0.2, 0.25) is 5.91 Å². The first-order chi connectivity index (χ1) is 9.52. The molecule has 2 N–H and O–H groups in total. The molecule has 0 unspecified atom stereocenters. The predicted molar refractivity (Wildman–Crippen MR) is 84.6 cm³/mol. The number of benzene rings is 1. The highest BCUT2D eigenvalue weighted by atomic mass is 16.2. The van der Waals surface area contributed by atoms with Crippen LogP contribution in [0, 0.1) is 0 Å². The molecule has 0 saturated carbocycles. The van der Waals surface area contributed by atoms with E-state index < -0.39 is 0 Å². The highest BCUT2D eigenvalue weighted by Crippen LogP contribution is 2.09. The van der Waals surface area contributed by atoms with Crippen molar-refractivity contribution in [2.24, 2.45) is 0 Å². The maximum absolute atomic E-state index is 12.2. The fourth-order valence-electron chi connectivity index (χ4n) is 2.13. The van der Waals surface area contributed by atoms with Gasteiger partial charge in [-0.1, -0.05) is 12.1 Å². The third-order valence-electron chi connectivity index (χ3n) is 3.38. The summed E-state index contributed by atoms with van der Waals surface area (Å²) in [4.78, 5) is 16.3. The van der Waals surface area contributed by atoms with E-state index in [9.17, 15) is 4.79 Å². The van der Waals surface area contributed by atoms with Crippen molar-refractivity contribution in [2.45, 2.75) is 26.2 Å². The van der Waals surface area contributed by atoms with E-state index in [1.54, 1.807) is 0 Å². The lowest BCUT2D eigenvalue weighted by Gasteiger charge is -2.22. The first-order valence-electron chi connectivity index (χ1n) is 7.30. The third kappa shape index (κ3) is 6.06. The minimum Gasteiger partial charge on any atom is -0.399 e. The van der Waals surface area contributed by atoms with E-state index in [4.69, 9.17) is 5.73 Å². The lowest BCUT2D eigenvalue weighted by Crippen LogP contribution is -2.33. The Morgan fingerprint density at radius 3 is 2.35 bits per heavy atom. The second kappa shape index (κ2) is 8.59. The highest BCUT2D eigenvalue weighted by Gasteiger charge is 2.11. The Labute approximate surface area is 122 Å². The molecule has 20 heavy (non-hydrogen) atoms.